The van der Waals surface area contributed by atoms with E-state index in [1.165, 1.54) is 12.1 Å². The molecule has 0 saturated heterocycles. The van der Waals surface area contributed by atoms with Crippen LogP contribution in [0.1, 0.15) is 24.2 Å². The summed E-state index contributed by atoms with van der Waals surface area (Å²) in [4.78, 5) is 11.6. The molecule has 3 nitrogen and oxygen atoms in total. The molecule has 1 rings (SSSR count). The highest BCUT2D eigenvalue weighted by molar-refractivity contribution is 5.94. The lowest BCUT2D eigenvalue weighted by Crippen LogP contribution is -2.38. The largest absolute Gasteiger partial charge is 0.396 e. The van der Waals surface area contributed by atoms with E-state index in [-0.39, 0.29) is 24.1 Å². The van der Waals surface area contributed by atoms with Crippen LogP contribution >= 0.6 is 0 Å². The topological polar surface area (TPSA) is 49.3 Å². The van der Waals surface area contributed by atoms with E-state index in [9.17, 15) is 13.6 Å². The summed E-state index contributed by atoms with van der Waals surface area (Å²) in [5.74, 6) is -3.06. The van der Waals surface area contributed by atoms with E-state index in [0.29, 0.717) is 0 Å². The first kappa shape index (κ1) is 13.6. The first-order chi connectivity index (χ1) is 7.97. The maximum Gasteiger partial charge on any atom is 0.254 e. The minimum atomic E-state index is -1.16. The van der Waals surface area contributed by atoms with Gasteiger partial charge in [-0.05, 0) is 25.0 Å². The fraction of sp³-hybridized carbons (Fsp3) is 0.417. The van der Waals surface area contributed by atoms with Crippen LogP contribution in [0, 0.1) is 17.6 Å². The van der Waals surface area contributed by atoms with Crippen molar-refractivity contribution in [2.75, 3.05) is 6.61 Å². The quantitative estimate of drug-likeness (QED) is 0.845. The normalized spacial score (nSPS) is 14.2. The fourth-order valence-corrected chi connectivity index (χ4v) is 1.26. The molecular formula is C12H15F2NO2. The van der Waals surface area contributed by atoms with Crippen LogP contribution in [0.15, 0.2) is 18.2 Å². The third-order valence-electron chi connectivity index (χ3n) is 2.70. The van der Waals surface area contributed by atoms with Crippen LogP contribution in [0.5, 0.6) is 0 Å². The molecule has 1 amide bonds. The van der Waals surface area contributed by atoms with E-state index in [1.807, 2.05) is 0 Å². The minimum absolute atomic E-state index is 0.0902. The van der Waals surface area contributed by atoms with Gasteiger partial charge in [0.1, 0.15) is 0 Å². The maximum absolute atomic E-state index is 13.3. The van der Waals surface area contributed by atoms with Crippen molar-refractivity contribution in [2.24, 2.45) is 5.92 Å². The van der Waals surface area contributed by atoms with Crippen molar-refractivity contribution in [1.82, 2.24) is 5.32 Å². The predicted molar refractivity (Wildman–Crippen MR) is 59.5 cm³/mol. The third kappa shape index (κ3) is 3.23. The summed E-state index contributed by atoms with van der Waals surface area (Å²) in [5, 5.41) is 11.4. The zero-order chi connectivity index (χ0) is 13.0. The van der Waals surface area contributed by atoms with E-state index in [0.717, 1.165) is 6.07 Å². The molecule has 0 aromatic heterocycles. The number of halogens is 2. The first-order valence-corrected chi connectivity index (χ1v) is 5.33. The molecule has 94 valence electrons. The SMILES string of the molecule is CC(CO)C(C)NC(=O)c1cccc(F)c1F. The van der Waals surface area contributed by atoms with Crippen molar-refractivity contribution in [2.45, 2.75) is 19.9 Å². The van der Waals surface area contributed by atoms with Crippen molar-refractivity contribution >= 4 is 5.91 Å². The molecule has 0 fully saturated rings. The molecule has 0 aliphatic carbocycles. The van der Waals surface area contributed by atoms with Crippen molar-refractivity contribution in [1.29, 1.82) is 0 Å². The Morgan fingerprint density at radius 2 is 2.06 bits per heavy atom. The number of amides is 1. The summed E-state index contributed by atoms with van der Waals surface area (Å²) in [5.41, 5.74) is -0.331. The number of hydrogen-bond acceptors (Lipinski definition) is 2. The second-order valence-corrected chi connectivity index (χ2v) is 4.02. The third-order valence-corrected chi connectivity index (χ3v) is 2.70. The molecule has 0 heterocycles. The first-order valence-electron chi connectivity index (χ1n) is 5.33. The standard InChI is InChI=1S/C12H15F2NO2/c1-7(6-16)8(2)15-12(17)9-4-3-5-10(13)11(9)14/h3-5,7-8,16H,6H2,1-2H3,(H,15,17). The number of hydrogen-bond donors (Lipinski definition) is 2. The van der Waals surface area contributed by atoms with Crippen LogP contribution in [-0.4, -0.2) is 23.7 Å². The van der Waals surface area contributed by atoms with Gasteiger partial charge in [0, 0.05) is 12.6 Å². The molecule has 0 radical (unpaired) electrons. The maximum atomic E-state index is 13.3. The second kappa shape index (κ2) is 5.72. The van der Waals surface area contributed by atoms with E-state index >= 15 is 0 Å². The number of aliphatic hydroxyl groups is 1. The molecule has 1 aromatic rings. The van der Waals surface area contributed by atoms with Gasteiger partial charge in [-0.1, -0.05) is 13.0 Å². The Bertz CT molecular complexity index is 409. The van der Waals surface area contributed by atoms with Gasteiger partial charge in [-0.15, -0.1) is 0 Å². The van der Waals surface area contributed by atoms with Gasteiger partial charge < -0.3 is 10.4 Å². The number of nitrogens with one attached hydrogen (secondary N) is 1. The minimum Gasteiger partial charge on any atom is -0.396 e. The Hall–Kier alpha value is -1.49. The fourth-order valence-electron chi connectivity index (χ4n) is 1.26. The molecule has 0 saturated carbocycles. The Morgan fingerprint density at radius 3 is 2.65 bits per heavy atom. The number of aliphatic hydroxyl groups excluding tert-OH is 1. The van der Waals surface area contributed by atoms with Gasteiger partial charge in [-0.2, -0.15) is 0 Å². The molecular weight excluding hydrogens is 228 g/mol. The Labute approximate surface area is 98.5 Å². The Kier molecular flexibility index (Phi) is 4.57. The van der Waals surface area contributed by atoms with E-state index in [1.54, 1.807) is 13.8 Å². The zero-order valence-corrected chi connectivity index (χ0v) is 9.71. The lowest BCUT2D eigenvalue weighted by molar-refractivity contribution is 0.0911. The number of rotatable bonds is 4. The molecule has 0 spiro atoms. The molecule has 2 atom stereocenters. The average molecular weight is 243 g/mol. The summed E-state index contributed by atoms with van der Waals surface area (Å²) in [6.45, 7) is 3.34. The van der Waals surface area contributed by atoms with Gasteiger partial charge in [-0.25, -0.2) is 8.78 Å². The predicted octanol–water partition coefficient (Wildman–Crippen LogP) is 1.71. The Balaban J connectivity index is 2.80. The number of benzene rings is 1. The molecule has 5 heteroatoms. The van der Waals surface area contributed by atoms with Gasteiger partial charge in [0.25, 0.3) is 5.91 Å². The zero-order valence-electron chi connectivity index (χ0n) is 9.71. The summed E-state index contributed by atoms with van der Waals surface area (Å²) in [6.07, 6.45) is 0. The smallest absolute Gasteiger partial charge is 0.254 e. The highest BCUT2D eigenvalue weighted by Gasteiger charge is 2.19. The molecule has 2 N–H and O–H groups in total. The molecule has 0 bridgehead atoms. The summed E-state index contributed by atoms with van der Waals surface area (Å²) < 4.78 is 26.2. The molecule has 0 aliphatic rings. The van der Waals surface area contributed by atoms with Crippen LogP contribution < -0.4 is 5.32 Å². The monoisotopic (exact) mass is 243 g/mol. The molecule has 17 heavy (non-hydrogen) atoms. The lowest BCUT2D eigenvalue weighted by atomic mass is 10.0. The van der Waals surface area contributed by atoms with Gasteiger partial charge in [0.2, 0.25) is 0 Å². The molecule has 2 unspecified atom stereocenters. The summed E-state index contributed by atoms with van der Waals surface area (Å²) in [6, 6.07) is 3.11. The van der Waals surface area contributed by atoms with Gasteiger partial charge in [0.05, 0.1) is 5.56 Å². The number of carbonyl (C=O) groups is 1. The van der Waals surface area contributed by atoms with Crippen molar-refractivity contribution in [3.63, 3.8) is 0 Å². The average Bonchev–Trinajstić information content (AvgIpc) is 2.31. The highest BCUT2D eigenvalue weighted by atomic mass is 19.2. The van der Waals surface area contributed by atoms with Crippen LogP contribution in [0.4, 0.5) is 8.78 Å². The van der Waals surface area contributed by atoms with Crippen LogP contribution in [0.2, 0.25) is 0 Å². The van der Waals surface area contributed by atoms with Crippen molar-refractivity contribution in [3.8, 4) is 0 Å². The lowest BCUT2D eigenvalue weighted by Gasteiger charge is -2.19. The summed E-state index contributed by atoms with van der Waals surface area (Å²) >= 11 is 0. The van der Waals surface area contributed by atoms with Crippen LogP contribution in [0.25, 0.3) is 0 Å². The number of carbonyl (C=O) groups excluding carboxylic acids is 1. The summed E-state index contributed by atoms with van der Waals surface area (Å²) in [7, 11) is 0. The molecule has 0 aliphatic heterocycles. The Morgan fingerprint density at radius 1 is 1.41 bits per heavy atom. The van der Waals surface area contributed by atoms with Gasteiger partial charge in [0.15, 0.2) is 11.6 Å². The van der Waals surface area contributed by atoms with Crippen LogP contribution in [-0.2, 0) is 0 Å². The van der Waals surface area contributed by atoms with Crippen molar-refractivity contribution in [3.05, 3.63) is 35.4 Å². The van der Waals surface area contributed by atoms with Gasteiger partial charge >= 0.3 is 0 Å². The second-order valence-electron chi connectivity index (χ2n) is 4.02. The van der Waals surface area contributed by atoms with E-state index < -0.39 is 17.5 Å². The molecule has 1 aromatic carbocycles. The van der Waals surface area contributed by atoms with E-state index in [4.69, 9.17) is 5.11 Å². The van der Waals surface area contributed by atoms with Crippen LogP contribution in [0.3, 0.4) is 0 Å². The van der Waals surface area contributed by atoms with Gasteiger partial charge in [-0.3, -0.25) is 4.79 Å². The van der Waals surface area contributed by atoms with E-state index in [2.05, 4.69) is 5.32 Å². The highest BCUT2D eigenvalue weighted by Crippen LogP contribution is 2.12. The van der Waals surface area contributed by atoms with Crippen molar-refractivity contribution < 1.29 is 18.7 Å².